The van der Waals surface area contributed by atoms with E-state index in [9.17, 15) is 9.59 Å². The summed E-state index contributed by atoms with van der Waals surface area (Å²) < 4.78 is 0. The molecule has 1 aromatic heterocycles. The molecule has 17 heavy (non-hydrogen) atoms. The summed E-state index contributed by atoms with van der Waals surface area (Å²) in [4.78, 5) is 23.7. The summed E-state index contributed by atoms with van der Waals surface area (Å²) in [5, 5.41) is 5.49. The van der Waals surface area contributed by atoms with E-state index in [2.05, 4.69) is 21.2 Å². The first kappa shape index (κ1) is 14.4. The van der Waals surface area contributed by atoms with Gasteiger partial charge < -0.3 is 5.32 Å². The molecular weight excluding hydrogens is 302 g/mol. The number of rotatable bonds is 8. The molecule has 0 saturated carbocycles. The summed E-state index contributed by atoms with van der Waals surface area (Å²) in [5.74, 6) is -0.0571. The fraction of sp³-hybridized carbons (Fsp3) is 0.500. The van der Waals surface area contributed by atoms with Crippen LogP contribution in [0.1, 0.15) is 35.4 Å². The van der Waals surface area contributed by atoms with Gasteiger partial charge >= 0.3 is 0 Å². The third-order valence-corrected chi connectivity index (χ3v) is 3.75. The van der Waals surface area contributed by atoms with E-state index in [0.717, 1.165) is 24.6 Å². The lowest BCUT2D eigenvalue weighted by Gasteiger charge is -2.03. The van der Waals surface area contributed by atoms with E-state index >= 15 is 0 Å². The molecule has 0 bridgehead atoms. The van der Waals surface area contributed by atoms with Crippen molar-refractivity contribution in [3.63, 3.8) is 0 Å². The predicted molar refractivity (Wildman–Crippen MR) is 73.9 cm³/mol. The number of unbranched alkanes of at least 4 members (excludes halogenated alkanes) is 2. The van der Waals surface area contributed by atoms with Crippen LogP contribution in [0.2, 0.25) is 0 Å². The molecule has 0 radical (unpaired) electrons. The van der Waals surface area contributed by atoms with Gasteiger partial charge in [0.15, 0.2) is 5.78 Å². The summed E-state index contributed by atoms with van der Waals surface area (Å²) in [7, 11) is 0. The second-order valence-corrected chi connectivity index (χ2v) is 5.42. The first-order chi connectivity index (χ1) is 8.24. The maximum Gasteiger partial charge on any atom is 0.220 e. The zero-order chi connectivity index (χ0) is 12.5. The smallest absolute Gasteiger partial charge is 0.220 e. The average Bonchev–Trinajstić information content (AvgIpc) is 2.85. The van der Waals surface area contributed by atoms with Gasteiger partial charge in [0.05, 0.1) is 11.4 Å². The van der Waals surface area contributed by atoms with Crippen molar-refractivity contribution in [3.05, 3.63) is 22.4 Å². The number of hydrogen-bond donors (Lipinski definition) is 1. The van der Waals surface area contributed by atoms with Gasteiger partial charge in [0.1, 0.15) is 0 Å². The molecular formula is C12H16BrNO2S. The van der Waals surface area contributed by atoms with Crippen LogP contribution in [0.3, 0.4) is 0 Å². The number of halogens is 1. The molecule has 0 aliphatic rings. The van der Waals surface area contributed by atoms with E-state index in [0.29, 0.717) is 11.3 Å². The monoisotopic (exact) mass is 317 g/mol. The molecule has 0 aliphatic carbocycles. The van der Waals surface area contributed by atoms with E-state index in [1.54, 1.807) is 6.07 Å². The standard InChI is InChI=1S/C12H16BrNO2S/c13-7-3-1-2-6-12(16)14-9-10(15)11-5-4-8-17-11/h4-5,8H,1-3,6-7,9H2,(H,14,16). The molecule has 0 saturated heterocycles. The molecule has 0 spiro atoms. The third-order valence-electron chi connectivity index (χ3n) is 2.28. The number of Topliss-reactive ketones (excluding diaryl/α,β-unsaturated/α-hetero) is 1. The Kier molecular flexibility index (Phi) is 7.12. The number of thiophene rings is 1. The van der Waals surface area contributed by atoms with Gasteiger partial charge in [0, 0.05) is 11.8 Å². The Morgan fingerprint density at radius 1 is 1.29 bits per heavy atom. The van der Waals surface area contributed by atoms with Crippen molar-refractivity contribution < 1.29 is 9.59 Å². The molecule has 3 nitrogen and oxygen atoms in total. The molecule has 0 aromatic carbocycles. The van der Waals surface area contributed by atoms with Crippen LogP contribution in [0.25, 0.3) is 0 Å². The highest BCUT2D eigenvalue weighted by atomic mass is 79.9. The van der Waals surface area contributed by atoms with E-state index < -0.39 is 0 Å². The Labute approximate surface area is 114 Å². The highest BCUT2D eigenvalue weighted by Crippen LogP contribution is 2.08. The van der Waals surface area contributed by atoms with E-state index in [1.165, 1.54) is 11.3 Å². The van der Waals surface area contributed by atoms with Crippen LogP contribution in [-0.2, 0) is 4.79 Å². The lowest BCUT2D eigenvalue weighted by atomic mass is 10.2. The third kappa shape index (κ3) is 5.98. The minimum atomic E-state index is -0.0375. The normalized spacial score (nSPS) is 10.2. The zero-order valence-electron chi connectivity index (χ0n) is 9.58. The maximum absolute atomic E-state index is 11.6. The summed E-state index contributed by atoms with van der Waals surface area (Å²) in [6, 6.07) is 3.61. The second kappa shape index (κ2) is 8.42. The summed E-state index contributed by atoms with van der Waals surface area (Å²) >= 11 is 4.75. The van der Waals surface area contributed by atoms with Gasteiger partial charge in [-0.3, -0.25) is 9.59 Å². The molecule has 0 fully saturated rings. The summed E-state index contributed by atoms with van der Waals surface area (Å²) in [6.45, 7) is 0.109. The van der Waals surface area contributed by atoms with Gasteiger partial charge in [-0.05, 0) is 24.3 Å². The molecule has 0 unspecified atom stereocenters. The summed E-state index contributed by atoms with van der Waals surface area (Å²) in [5.41, 5.74) is 0. The highest BCUT2D eigenvalue weighted by molar-refractivity contribution is 9.09. The fourth-order valence-electron chi connectivity index (χ4n) is 1.35. The van der Waals surface area contributed by atoms with Gasteiger partial charge in [-0.25, -0.2) is 0 Å². The molecule has 1 N–H and O–H groups in total. The van der Waals surface area contributed by atoms with E-state index in [1.807, 2.05) is 11.4 Å². The number of carbonyl (C=O) groups excluding carboxylic acids is 2. The van der Waals surface area contributed by atoms with Crippen LogP contribution in [0.4, 0.5) is 0 Å². The predicted octanol–water partition coefficient (Wildman–Crippen LogP) is 3.00. The number of hydrogen-bond acceptors (Lipinski definition) is 3. The van der Waals surface area contributed by atoms with Gasteiger partial charge in [0.2, 0.25) is 5.91 Å². The van der Waals surface area contributed by atoms with Crippen LogP contribution in [0.15, 0.2) is 17.5 Å². The molecule has 0 aliphatic heterocycles. The largest absolute Gasteiger partial charge is 0.349 e. The highest BCUT2D eigenvalue weighted by Gasteiger charge is 2.08. The number of carbonyl (C=O) groups is 2. The number of ketones is 1. The quantitative estimate of drug-likeness (QED) is 0.455. The van der Waals surface area contributed by atoms with Crippen molar-refractivity contribution >= 4 is 39.0 Å². The SMILES string of the molecule is O=C(CCCCCBr)NCC(=O)c1cccs1. The zero-order valence-corrected chi connectivity index (χ0v) is 12.0. The van der Waals surface area contributed by atoms with Crippen molar-refractivity contribution in [2.75, 3.05) is 11.9 Å². The van der Waals surface area contributed by atoms with Gasteiger partial charge in [-0.1, -0.05) is 28.4 Å². The Morgan fingerprint density at radius 3 is 2.76 bits per heavy atom. The van der Waals surface area contributed by atoms with Crippen LogP contribution in [0.5, 0.6) is 0 Å². The fourth-order valence-corrected chi connectivity index (χ4v) is 2.41. The number of nitrogens with one attached hydrogen (secondary N) is 1. The minimum Gasteiger partial charge on any atom is -0.349 e. The van der Waals surface area contributed by atoms with Crippen LogP contribution in [-0.4, -0.2) is 23.6 Å². The van der Waals surface area contributed by atoms with Crippen molar-refractivity contribution in [2.24, 2.45) is 0 Å². The second-order valence-electron chi connectivity index (χ2n) is 3.68. The molecule has 94 valence electrons. The van der Waals surface area contributed by atoms with Gasteiger partial charge in [0.25, 0.3) is 0 Å². The Morgan fingerprint density at radius 2 is 2.12 bits per heavy atom. The van der Waals surface area contributed by atoms with Crippen molar-refractivity contribution in [1.82, 2.24) is 5.32 Å². The first-order valence-corrected chi connectivity index (χ1v) is 7.63. The molecule has 1 heterocycles. The van der Waals surface area contributed by atoms with Gasteiger partial charge in [-0.2, -0.15) is 0 Å². The molecule has 0 atom stereocenters. The number of amides is 1. The molecule has 1 amide bonds. The molecule has 5 heteroatoms. The van der Waals surface area contributed by atoms with Crippen LogP contribution in [0, 0.1) is 0 Å². The van der Waals surface area contributed by atoms with Crippen molar-refractivity contribution in [2.45, 2.75) is 25.7 Å². The van der Waals surface area contributed by atoms with Crippen molar-refractivity contribution in [3.8, 4) is 0 Å². The molecule has 1 rings (SSSR count). The number of alkyl halides is 1. The summed E-state index contributed by atoms with van der Waals surface area (Å²) in [6.07, 6.45) is 3.51. The Bertz CT molecular complexity index is 351. The Balaban J connectivity index is 2.13. The first-order valence-electron chi connectivity index (χ1n) is 5.63. The Hall–Kier alpha value is -0.680. The minimum absolute atomic E-state index is 0.0196. The average molecular weight is 318 g/mol. The topological polar surface area (TPSA) is 46.2 Å². The van der Waals surface area contributed by atoms with E-state index in [4.69, 9.17) is 0 Å². The lowest BCUT2D eigenvalue weighted by Crippen LogP contribution is -2.28. The molecule has 1 aromatic rings. The maximum atomic E-state index is 11.6. The van der Waals surface area contributed by atoms with Gasteiger partial charge in [-0.15, -0.1) is 11.3 Å². The van der Waals surface area contributed by atoms with E-state index in [-0.39, 0.29) is 18.2 Å². The van der Waals surface area contributed by atoms with Crippen LogP contribution < -0.4 is 5.32 Å². The lowest BCUT2D eigenvalue weighted by molar-refractivity contribution is -0.121. The van der Waals surface area contributed by atoms with Crippen molar-refractivity contribution in [1.29, 1.82) is 0 Å². The van der Waals surface area contributed by atoms with Crippen LogP contribution >= 0.6 is 27.3 Å².